The van der Waals surface area contributed by atoms with Gasteiger partial charge in [-0.1, -0.05) is 61.4 Å². The summed E-state index contributed by atoms with van der Waals surface area (Å²) in [6, 6.07) is 20.1. The van der Waals surface area contributed by atoms with Crippen LogP contribution in [-0.4, -0.2) is 50.9 Å². The largest absolute Gasteiger partial charge is 0.494 e. The SMILES string of the molecule is CCCNC(=O)[C@@H](CC)N(Cc1ccc(C)cc1)C(=O)CN(c1ccc(OCC)cc1)S(=O)(=O)c1ccc(C)cc1. The fraction of sp³-hybridized carbons (Fsp3) is 0.375. The van der Waals surface area contributed by atoms with E-state index < -0.39 is 28.5 Å². The van der Waals surface area contributed by atoms with Gasteiger partial charge in [0.15, 0.2) is 0 Å². The first kappa shape index (κ1) is 31.7. The molecule has 0 aromatic heterocycles. The summed E-state index contributed by atoms with van der Waals surface area (Å²) in [5, 5.41) is 2.90. The topological polar surface area (TPSA) is 96.0 Å². The lowest BCUT2D eigenvalue weighted by atomic mass is 10.1. The smallest absolute Gasteiger partial charge is 0.264 e. The molecule has 2 amide bonds. The van der Waals surface area contributed by atoms with Crippen LogP contribution in [0.15, 0.2) is 77.7 Å². The van der Waals surface area contributed by atoms with Gasteiger partial charge in [-0.25, -0.2) is 8.42 Å². The summed E-state index contributed by atoms with van der Waals surface area (Å²) >= 11 is 0. The molecule has 3 rings (SSSR count). The van der Waals surface area contributed by atoms with Crippen LogP contribution in [0.3, 0.4) is 0 Å². The summed E-state index contributed by atoms with van der Waals surface area (Å²) in [5.41, 5.74) is 3.16. The van der Waals surface area contributed by atoms with E-state index in [1.807, 2.05) is 58.9 Å². The van der Waals surface area contributed by atoms with Gasteiger partial charge in [0, 0.05) is 13.1 Å². The Balaban J connectivity index is 2.04. The standard InChI is InChI=1S/C32H41N3O5S/c1-6-21-33-32(37)30(7-2)34(22-26-13-9-24(4)10-14-26)31(36)23-35(27-15-17-28(18-16-27)40-8-3)41(38,39)29-19-11-25(5)12-20-29/h9-20,30H,6-8,21-23H2,1-5H3,(H,33,37)/t30-/m1/s1. The first-order valence-electron chi connectivity index (χ1n) is 14.1. The highest BCUT2D eigenvalue weighted by molar-refractivity contribution is 7.92. The lowest BCUT2D eigenvalue weighted by Crippen LogP contribution is -2.52. The molecule has 0 spiro atoms. The molecular weight excluding hydrogens is 538 g/mol. The molecule has 0 saturated carbocycles. The Morgan fingerprint density at radius 2 is 1.44 bits per heavy atom. The van der Waals surface area contributed by atoms with E-state index in [2.05, 4.69) is 5.32 Å². The Labute approximate surface area is 244 Å². The first-order chi connectivity index (χ1) is 19.6. The Hall–Kier alpha value is -3.85. The zero-order valence-electron chi connectivity index (χ0n) is 24.6. The van der Waals surface area contributed by atoms with E-state index in [1.165, 1.54) is 17.0 Å². The fourth-order valence-electron chi connectivity index (χ4n) is 4.42. The molecule has 0 heterocycles. The summed E-state index contributed by atoms with van der Waals surface area (Å²) in [7, 11) is -4.13. The van der Waals surface area contributed by atoms with Crippen molar-refractivity contribution in [2.45, 2.75) is 64.9 Å². The predicted octanol–water partition coefficient (Wildman–Crippen LogP) is 5.23. The second-order valence-electron chi connectivity index (χ2n) is 9.97. The first-order valence-corrected chi connectivity index (χ1v) is 15.5. The van der Waals surface area contributed by atoms with Crippen molar-refractivity contribution < 1.29 is 22.7 Å². The average molecular weight is 580 g/mol. The Morgan fingerprint density at radius 1 is 0.854 bits per heavy atom. The number of nitrogens with zero attached hydrogens (tertiary/aromatic N) is 2. The minimum atomic E-state index is -4.13. The third-order valence-electron chi connectivity index (χ3n) is 6.73. The van der Waals surface area contributed by atoms with Gasteiger partial charge in [0.2, 0.25) is 11.8 Å². The maximum atomic E-state index is 14.1. The molecule has 3 aromatic carbocycles. The number of benzene rings is 3. The minimum Gasteiger partial charge on any atom is -0.494 e. The molecule has 0 aliphatic rings. The van der Waals surface area contributed by atoms with E-state index in [4.69, 9.17) is 4.74 Å². The fourth-order valence-corrected chi connectivity index (χ4v) is 5.83. The second kappa shape index (κ2) is 14.7. The van der Waals surface area contributed by atoms with Gasteiger partial charge in [-0.3, -0.25) is 13.9 Å². The van der Waals surface area contributed by atoms with Crippen molar-refractivity contribution in [3.05, 3.63) is 89.5 Å². The van der Waals surface area contributed by atoms with Crippen LogP contribution in [0.4, 0.5) is 5.69 Å². The molecule has 0 fully saturated rings. The number of hydrogen-bond donors (Lipinski definition) is 1. The molecule has 0 bridgehead atoms. The number of aryl methyl sites for hydroxylation is 2. The molecule has 220 valence electrons. The van der Waals surface area contributed by atoms with Crippen molar-refractivity contribution in [2.75, 3.05) is 24.0 Å². The van der Waals surface area contributed by atoms with Gasteiger partial charge in [-0.05, 0) is 75.6 Å². The van der Waals surface area contributed by atoms with Crippen molar-refractivity contribution in [1.82, 2.24) is 10.2 Å². The van der Waals surface area contributed by atoms with E-state index in [9.17, 15) is 18.0 Å². The number of amides is 2. The molecule has 0 aliphatic heterocycles. The summed E-state index contributed by atoms with van der Waals surface area (Å²) in [4.78, 5) is 28.8. The Morgan fingerprint density at radius 3 is 1.98 bits per heavy atom. The number of sulfonamides is 1. The number of nitrogens with one attached hydrogen (secondary N) is 1. The third kappa shape index (κ3) is 8.33. The number of anilines is 1. The quantitative estimate of drug-likeness (QED) is 0.282. The highest BCUT2D eigenvalue weighted by Gasteiger charge is 2.33. The summed E-state index contributed by atoms with van der Waals surface area (Å²) < 4.78 is 34.6. The molecule has 1 N–H and O–H groups in total. The molecule has 9 heteroatoms. The van der Waals surface area contributed by atoms with Crippen molar-refractivity contribution in [2.24, 2.45) is 0 Å². The highest BCUT2D eigenvalue weighted by atomic mass is 32.2. The number of rotatable bonds is 14. The molecule has 0 unspecified atom stereocenters. The number of ether oxygens (including phenoxy) is 1. The van der Waals surface area contributed by atoms with Gasteiger partial charge in [0.1, 0.15) is 18.3 Å². The van der Waals surface area contributed by atoms with Gasteiger partial charge >= 0.3 is 0 Å². The maximum Gasteiger partial charge on any atom is 0.264 e. The van der Waals surface area contributed by atoms with Crippen molar-refractivity contribution >= 4 is 27.5 Å². The minimum absolute atomic E-state index is 0.0719. The molecule has 3 aromatic rings. The van der Waals surface area contributed by atoms with E-state index in [0.717, 1.165) is 27.4 Å². The van der Waals surface area contributed by atoms with Crippen molar-refractivity contribution in [1.29, 1.82) is 0 Å². The molecule has 8 nitrogen and oxygen atoms in total. The van der Waals surface area contributed by atoms with Crippen LogP contribution in [0, 0.1) is 13.8 Å². The Bertz CT molecular complexity index is 1390. The summed E-state index contributed by atoms with van der Waals surface area (Å²) in [6.07, 6.45) is 1.13. The van der Waals surface area contributed by atoms with Gasteiger partial charge < -0.3 is 15.0 Å². The molecule has 0 radical (unpaired) electrons. The zero-order valence-corrected chi connectivity index (χ0v) is 25.4. The third-order valence-corrected chi connectivity index (χ3v) is 8.52. The second-order valence-corrected chi connectivity index (χ2v) is 11.8. The van der Waals surface area contributed by atoms with E-state index in [1.54, 1.807) is 36.4 Å². The van der Waals surface area contributed by atoms with Crippen LogP contribution < -0.4 is 14.4 Å². The molecule has 41 heavy (non-hydrogen) atoms. The normalized spacial score (nSPS) is 11.9. The van der Waals surface area contributed by atoms with E-state index >= 15 is 0 Å². The zero-order chi connectivity index (χ0) is 30.0. The van der Waals surface area contributed by atoms with E-state index in [0.29, 0.717) is 31.0 Å². The van der Waals surface area contributed by atoms with Crippen LogP contribution in [0.5, 0.6) is 5.75 Å². The molecule has 0 saturated heterocycles. The van der Waals surface area contributed by atoms with Crippen molar-refractivity contribution in [3.63, 3.8) is 0 Å². The highest BCUT2D eigenvalue weighted by Crippen LogP contribution is 2.27. The maximum absolute atomic E-state index is 14.1. The lowest BCUT2D eigenvalue weighted by Gasteiger charge is -2.33. The van der Waals surface area contributed by atoms with Gasteiger partial charge in [-0.15, -0.1) is 0 Å². The number of carbonyl (C=O) groups excluding carboxylic acids is 2. The van der Waals surface area contributed by atoms with Gasteiger partial charge in [0.05, 0.1) is 17.2 Å². The average Bonchev–Trinajstić information content (AvgIpc) is 2.96. The predicted molar refractivity (Wildman–Crippen MR) is 162 cm³/mol. The molecular formula is C32H41N3O5S. The number of hydrogen-bond acceptors (Lipinski definition) is 5. The van der Waals surface area contributed by atoms with Crippen LogP contribution in [-0.2, 0) is 26.2 Å². The van der Waals surface area contributed by atoms with Crippen LogP contribution >= 0.6 is 0 Å². The van der Waals surface area contributed by atoms with Crippen molar-refractivity contribution in [3.8, 4) is 5.75 Å². The van der Waals surface area contributed by atoms with Gasteiger partial charge in [0.25, 0.3) is 10.0 Å². The van der Waals surface area contributed by atoms with E-state index in [-0.39, 0.29) is 17.3 Å². The lowest BCUT2D eigenvalue weighted by molar-refractivity contribution is -0.140. The summed E-state index contributed by atoms with van der Waals surface area (Å²) in [6.45, 7) is 10.2. The molecule has 0 aliphatic carbocycles. The van der Waals surface area contributed by atoms with Crippen LogP contribution in [0.2, 0.25) is 0 Å². The summed E-state index contributed by atoms with van der Waals surface area (Å²) in [5.74, 6) is -0.146. The molecule has 1 atom stereocenters. The number of carbonyl (C=O) groups is 2. The monoisotopic (exact) mass is 579 g/mol. The van der Waals surface area contributed by atoms with Crippen LogP contribution in [0.25, 0.3) is 0 Å². The van der Waals surface area contributed by atoms with Gasteiger partial charge in [-0.2, -0.15) is 0 Å². The van der Waals surface area contributed by atoms with Crippen LogP contribution in [0.1, 0.15) is 50.3 Å². The Kier molecular flexibility index (Phi) is 11.3.